The van der Waals surface area contributed by atoms with Gasteiger partial charge in [-0.2, -0.15) is 0 Å². The summed E-state index contributed by atoms with van der Waals surface area (Å²) in [4.78, 5) is 2.03. The van der Waals surface area contributed by atoms with Crippen LogP contribution in [0.15, 0.2) is 0 Å². The molecule has 0 fully saturated rings. The third-order valence-corrected chi connectivity index (χ3v) is 5.97. The van der Waals surface area contributed by atoms with Crippen LogP contribution in [0.4, 0.5) is 0 Å². The topological polar surface area (TPSA) is 60.4 Å². The number of hydrogen-bond donors (Lipinski definition) is 1. The first-order chi connectivity index (χ1) is 8.07. The van der Waals surface area contributed by atoms with Gasteiger partial charge in [0.2, 0.25) is 0 Å². The Morgan fingerprint density at radius 1 is 1.24 bits per heavy atom. The number of aliphatic hydroxyl groups is 1. The Labute approximate surface area is 105 Å². The minimum Gasteiger partial charge on any atom is -0.394 e. The molecule has 1 atom stereocenters. The van der Waals surface area contributed by atoms with Gasteiger partial charge in [-0.1, -0.05) is 6.92 Å². The molecular weight excluding hydrogens is 242 g/mol. The zero-order valence-corrected chi connectivity index (χ0v) is 12.4. The molecule has 6 nitrogen and oxygen atoms in total. The molecule has 0 aliphatic carbocycles. The fourth-order valence-corrected chi connectivity index (χ4v) is 4.27. The molecule has 0 bridgehead atoms. The molecule has 0 aliphatic heterocycles. The normalized spacial score (nSPS) is 14.3. The molecule has 0 aromatic rings. The summed E-state index contributed by atoms with van der Waals surface area (Å²) in [7, 11) is 4.34. The van der Waals surface area contributed by atoms with Crippen LogP contribution < -0.4 is 0 Å². The number of nitrogens with zero attached hydrogens (tertiary/aromatic N) is 1. The van der Waals surface area contributed by atoms with Crippen LogP contribution in [0.5, 0.6) is 0 Å². The standard InChI is InChI=1S/C10H25NO5Si/c1-6-10(11(2)3)17(13-4,14-5)16-9-15-8-7-12/h10,12H,6-9H2,1-5H3. The Morgan fingerprint density at radius 3 is 2.18 bits per heavy atom. The van der Waals surface area contributed by atoms with E-state index in [-0.39, 0.29) is 25.7 Å². The van der Waals surface area contributed by atoms with Crippen molar-refractivity contribution in [2.75, 3.05) is 48.3 Å². The van der Waals surface area contributed by atoms with Crippen molar-refractivity contribution in [1.29, 1.82) is 0 Å². The van der Waals surface area contributed by atoms with E-state index in [1.165, 1.54) is 0 Å². The predicted octanol–water partition coefficient (Wildman–Crippen LogP) is 0.0805. The van der Waals surface area contributed by atoms with Crippen LogP contribution in [0.3, 0.4) is 0 Å². The number of hydrogen-bond acceptors (Lipinski definition) is 6. The summed E-state index contributed by atoms with van der Waals surface area (Å²) in [5, 5.41) is 8.61. The lowest BCUT2D eigenvalue weighted by molar-refractivity contribution is -0.0505. The van der Waals surface area contributed by atoms with E-state index < -0.39 is 8.80 Å². The van der Waals surface area contributed by atoms with Gasteiger partial charge in [-0.25, -0.2) is 0 Å². The van der Waals surface area contributed by atoms with Crippen molar-refractivity contribution >= 4 is 8.80 Å². The summed E-state index contributed by atoms with van der Waals surface area (Å²) in [6.07, 6.45) is 0.862. The number of aliphatic hydroxyl groups excluding tert-OH is 1. The van der Waals surface area contributed by atoms with E-state index in [4.69, 9.17) is 23.1 Å². The number of ether oxygens (including phenoxy) is 1. The molecule has 0 amide bonds. The van der Waals surface area contributed by atoms with Crippen LogP contribution in [-0.2, 0) is 18.0 Å². The van der Waals surface area contributed by atoms with Gasteiger partial charge in [-0.05, 0) is 20.5 Å². The van der Waals surface area contributed by atoms with Gasteiger partial charge in [0, 0.05) is 14.2 Å². The van der Waals surface area contributed by atoms with Gasteiger partial charge in [0.15, 0.2) is 0 Å². The maximum Gasteiger partial charge on any atom is 0.520 e. The van der Waals surface area contributed by atoms with Crippen LogP contribution in [0.25, 0.3) is 0 Å². The molecule has 0 aliphatic rings. The molecule has 0 aromatic carbocycles. The highest BCUT2D eigenvalue weighted by Gasteiger charge is 2.48. The van der Waals surface area contributed by atoms with Crippen molar-refractivity contribution in [2.45, 2.75) is 19.0 Å². The molecular formula is C10H25NO5Si. The molecule has 0 rings (SSSR count). The lowest BCUT2D eigenvalue weighted by Crippen LogP contribution is -2.60. The van der Waals surface area contributed by atoms with E-state index in [1.54, 1.807) is 14.2 Å². The van der Waals surface area contributed by atoms with Gasteiger partial charge in [0.05, 0.1) is 18.9 Å². The van der Waals surface area contributed by atoms with E-state index in [2.05, 4.69) is 6.92 Å². The second-order valence-electron chi connectivity index (χ2n) is 3.79. The van der Waals surface area contributed by atoms with Crippen molar-refractivity contribution in [3.05, 3.63) is 0 Å². The largest absolute Gasteiger partial charge is 0.520 e. The van der Waals surface area contributed by atoms with Crippen LogP contribution in [0.1, 0.15) is 13.3 Å². The smallest absolute Gasteiger partial charge is 0.394 e. The molecule has 17 heavy (non-hydrogen) atoms. The zero-order valence-electron chi connectivity index (χ0n) is 11.4. The van der Waals surface area contributed by atoms with Gasteiger partial charge in [0.1, 0.15) is 6.79 Å². The van der Waals surface area contributed by atoms with Crippen LogP contribution in [0.2, 0.25) is 0 Å². The van der Waals surface area contributed by atoms with Gasteiger partial charge >= 0.3 is 8.80 Å². The lowest BCUT2D eigenvalue weighted by atomic mass is 10.4. The highest BCUT2D eigenvalue weighted by molar-refractivity contribution is 6.62. The van der Waals surface area contributed by atoms with Gasteiger partial charge < -0.3 is 28.0 Å². The van der Waals surface area contributed by atoms with E-state index in [9.17, 15) is 0 Å². The van der Waals surface area contributed by atoms with E-state index in [0.717, 1.165) is 6.42 Å². The third-order valence-electron chi connectivity index (χ3n) is 2.57. The van der Waals surface area contributed by atoms with E-state index >= 15 is 0 Å². The Balaban J connectivity index is 4.52. The van der Waals surface area contributed by atoms with Crippen molar-refractivity contribution in [3.8, 4) is 0 Å². The molecule has 0 radical (unpaired) electrons. The number of rotatable bonds is 10. The molecule has 1 N–H and O–H groups in total. The summed E-state index contributed by atoms with van der Waals surface area (Å²) in [5.74, 6) is 0. The van der Waals surface area contributed by atoms with Gasteiger partial charge in [-0.15, -0.1) is 0 Å². The first-order valence-corrected chi connectivity index (χ1v) is 7.47. The average molecular weight is 267 g/mol. The quantitative estimate of drug-likeness (QED) is 0.344. The minimum absolute atomic E-state index is 0.0250. The molecule has 0 heterocycles. The SMILES string of the molecule is CCC(N(C)C)[Si](OC)(OC)OCOCCO. The monoisotopic (exact) mass is 267 g/mol. The fraction of sp³-hybridized carbons (Fsp3) is 1.00. The molecule has 0 saturated carbocycles. The van der Waals surface area contributed by atoms with Crippen molar-refractivity contribution in [1.82, 2.24) is 4.90 Å². The first kappa shape index (κ1) is 17.0. The Kier molecular flexibility index (Phi) is 8.97. The van der Waals surface area contributed by atoms with Crippen LogP contribution in [-0.4, -0.2) is 72.8 Å². The van der Waals surface area contributed by atoms with Crippen LogP contribution >= 0.6 is 0 Å². The molecule has 104 valence electrons. The zero-order chi connectivity index (χ0) is 13.3. The first-order valence-electron chi connectivity index (χ1n) is 5.67. The molecule has 7 heteroatoms. The maximum absolute atomic E-state index is 8.61. The maximum atomic E-state index is 8.61. The molecule has 1 unspecified atom stereocenters. The summed E-state index contributed by atoms with van der Waals surface area (Å²) in [6.45, 7) is 2.35. The molecule has 0 spiro atoms. The summed E-state index contributed by atoms with van der Waals surface area (Å²) < 4.78 is 21.7. The van der Waals surface area contributed by atoms with Crippen molar-refractivity contribution < 1.29 is 23.1 Å². The van der Waals surface area contributed by atoms with E-state index in [1.807, 2.05) is 19.0 Å². The van der Waals surface area contributed by atoms with Crippen molar-refractivity contribution in [2.24, 2.45) is 0 Å². The predicted molar refractivity (Wildman–Crippen MR) is 66.5 cm³/mol. The fourth-order valence-electron chi connectivity index (χ4n) is 1.75. The summed E-state index contributed by atoms with van der Waals surface area (Å²) >= 11 is 0. The lowest BCUT2D eigenvalue weighted by Gasteiger charge is -2.36. The Hall–Kier alpha value is -0.0231. The molecule has 0 saturated heterocycles. The summed E-state index contributed by atoms with van der Waals surface area (Å²) in [6, 6.07) is 0. The van der Waals surface area contributed by atoms with E-state index in [0.29, 0.717) is 0 Å². The van der Waals surface area contributed by atoms with Crippen LogP contribution in [0, 0.1) is 0 Å². The third kappa shape index (κ3) is 5.00. The minimum atomic E-state index is -2.77. The second kappa shape index (κ2) is 8.98. The van der Waals surface area contributed by atoms with Gasteiger partial charge in [-0.3, -0.25) is 0 Å². The van der Waals surface area contributed by atoms with Gasteiger partial charge in [0.25, 0.3) is 0 Å². The Bertz CT molecular complexity index is 190. The average Bonchev–Trinajstić information content (AvgIpc) is 2.32. The highest BCUT2D eigenvalue weighted by atomic mass is 28.4. The molecule has 0 aromatic heterocycles. The second-order valence-corrected chi connectivity index (χ2v) is 6.77. The Morgan fingerprint density at radius 2 is 1.82 bits per heavy atom. The highest BCUT2D eigenvalue weighted by Crippen LogP contribution is 2.19. The van der Waals surface area contributed by atoms with Crippen molar-refractivity contribution in [3.63, 3.8) is 0 Å². The summed E-state index contributed by atoms with van der Waals surface area (Å²) in [5.41, 5.74) is 0.0789.